The lowest BCUT2D eigenvalue weighted by atomic mass is 10.1. The number of hydrogen-bond donors (Lipinski definition) is 1. The predicted octanol–water partition coefficient (Wildman–Crippen LogP) is 5.43. The molecule has 0 unspecified atom stereocenters. The van der Waals surface area contributed by atoms with Gasteiger partial charge in [-0.25, -0.2) is 14.3 Å². The first-order valence-electron chi connectivity index (χ1n) is 10.9. The zero-order valence-corrected chi connectivity index (χ0v) is 18.7. The third-order valence-corrected chi connectivity index (χ3v) is 5.50. The quantitative estimate of drug-likeness (QED) is 0.399. The normalized spacial score (nSPS) is 11.3. The first-order chi connectivity index (χ1) is 16.0. The molecule has 0 saturated heterocycles. The minimum atomic E-state index is -0.252. The number of aromatic nitrogens is 5. The van der Waals surface area contributed by atoms with Crippen LogP contribution >= 0.6 is 0 Å². The molecule has 1 amide bonds. The van der Waals surface area contributed by atoms with Crippen molar-refractivity contribution in [1.82, 2.24) is 24.5 Å². The molecule has 3 heterocycles. The van der Waals surface area contributed by atoms with Gasteiger partial charge in [-0.1, -0.05) is 48.0 Å². The number of carbonyl (C=O) groups is 1. The third-order valence-electron chi connectivity index (χ3n) is 5.50. The molecule has 7 nitrogen and oxygen atoms in total. The number of rotatable bonds is 5. The minimum Gasteiger partial charge on any atom is -0.305 e. The van der Waals surface area contributed by atoms with Crippen LogP contribution in [0.15, 0.2) is 79.1 Å². The molecular weight excluding hydrogens is 412 g/mol. The molecule has 0 saturated carbocycles. The summed E-state index contributed by atoms with van der Waals surface area (Å²) in [5.74, 6) is 0.222. The Morgan fingerprint density at radius 2 is 1.76 bits per heavy atom. The lowest BCUT2D eigenvalue weighted by Crippen LogP contribution is -2.14. The molecule has 0 aliphatic carbocycles. The van der Waals surface area contributed by atoms with Gasteiger partial charge in [-0.3, -0.25) is 4.79 Å². The molecule has 2 aromatic carbocycles. The van der Waals surface area contributed by atoms with Gasteiger partial charge in [0.25, 0.3) is 5.91 Å². The van der Waals surface area contributed by atoms with Crippen LogP contribution in [-0.4, -0.2) is 30.5 Å². The van der Waals surface area contributed by atoms with E-state index in [-0.39, 0.29) is 11.9 Å². The van der Waals surface area contributed by atoms with Crippen molar-refractivity contribution in [3.05, 3.63) is 90.3 Å². The monoisotopic (exact) mass is 436 g/mol. The smallest absolute Gasteiger partial charge is 0.257 e. The van der Waals surface area contributed by atoms with Crippen LogP contribution in [0, 0.1) is 6.92 Å². The Morgan fingerprint density at radius 3 is 2.48 bits per heavy atom. The van der Waals surface area contributed by atoms with Crippen molar-refractivity contribution in [2.24, 2.45) is 0 Å². The molecule has 3 aromatic heterocycles. The lowest BCUT2D eigenvalue weighted by Gasteiger charge is -2.11. The highest BCUT2D eigenvalue weighted by atomic mass is 16.1. The van der Waals surface area contributed by atoms with Gasteiger partial charge in [0, 0.05) is 23.9 Å². The van der Waals surface area contributed by atoms with Crippen molar-refractivity contribution in [2.75, 3.05) is 5.32 Å². The van der Waals surface area contributed by atoms with E-state index in [1.54, 1.807) is 16.9 Å². The fourth-order valence-corrected chi connectivity index (χ4v) is 3.75. The van der Waals surface area contributed by atoms with Crippen LogP contribution in [0.5, 0.6) is 0 Å². The standard InChI is InChI=1S/C26H24N6O/c1-17(2)32-25-22(16-27-32)21(15-23(28-25)19-11-9-18(3)10-12-19)26(33)29-24-13-14-31(30-24)20-7-5-4-6-8-20/h4-17H,1-3H3,(H,29,30,33). The fourth-order valence-electron chi connectivity index (χ4n) is 3.75. The van der Waals surface area contributed by atoms with Gasteiger partial charge in [-0.2, -0.15) is 10.2 Å². The first-order valence-corrected chi connectivity index (χ1v) is 10.9. The number of anilines is 1. The summed E-state index contributed by atoms with van der Waals surface area (Å²) in [5, 5.41) is 12.6. The topological polar surface area (TPSA) is 77.6 Å². The molecule has 5 aromatic rings. The number of pyridine rings is 1. The second-order valence-corrected chi connectivity index (χ2v) is 8.28. The van der Waals surface area contributed by atoms with Crippen LogP contribution in [0.3, 0.4) is 0 Å². The minimum absolute atomic E-state index is 0.112. The Bertz CT molecular complexity index is 1430. The molecule has 0 atom stereocenters. The Morgan fingerprint density at radius 1 is 1.00 bits per heavy atom. The average Bonchev–Trinajstić information content (AvgIpc) is 3.46. The van der Waals surface area contributed by atoms with Gasteiger partial charge in [-0.05, 0) is 39.0 Å². The maximum Gasteiger partial charge on any atom is 0.257 e. The van der Waals surface area contributed by atoms with Gasteiger partial charge >= 0.3 is 0 Å². The van der Waals surface area contributed by atoms with Crippen molar-refractivity contribution in [2.45, 2.75) is 26.8 Å². The molecular formula is C26H24N6O. The van der Waals surface area contributed by atoms with Crippen LogP contribution in [0.4, 0.5) is 5.82 Å². The van der Waals surface area contributed by atoms with Crippen LogP contribution < -0.4 is 5.32 Å². The number of fused-ring (bicyclic) bond motifs is 1. The zero-order chi connectivity index (χ0) is 22.9. The van der Waals surface area contributed by atoms with E-state index in [0.717, 1.165) is 16.9 Å². The summed E-state index contributed by atoms with van der Waals surface area (Å²) in [5.41, 5.74) is 4.95. The summed E-state index contributed by atoms with van der Waals surface area (Å²) < 4.78 is 3.57. The van der Waals surface area contributed by atoms with Crippen molar-refractivity contribution in [1.29, 1.82) is 0 Å². The molecule has 0 aliphatic rings. The molecule has 5 rings (SSSR count). The summed E-state index contributed by atoms with van der Waals surface area (Å²) in [6.45, 7) is 6.13. The van der Waals surface area contributed by atoms with Crippen molar-refractivity contribution in [3.63, 3.8) is 0 Å². The Kier molecular flexibility index (Phi) is 5.22. The highest BCUT2D eigenvalue weighted by molar-refractivity contribution is 6.12. The molecule has 0 aliphatic heterocycles. The highest BCUT2D eigenvalue weighted by Crippen LogP contribution is 2.27. The number of nitrogens with zero attached hydrogens (tertiary/aromatic N) is 5. The number of aryl methyl sites for hydroxylation is 1. The second-order valence-electron chi connectivity index (χ2n) is 8.28. The number of amides is 1. The van der Waals surface area contributed by atoms with Crippen molar-refractivity contribution in [3.8, 4) is 16.9 Å². The molecule has 0 fully saturated rings. The molecule has 1 N–H and O–H groups in total. The van der Waals surface area contributed by atoms with E-state index in [2.05, 4.69) is 15.5 Å². The lowest BCUT2D eigenvalue weighted by molar-refractivity contribution is 0.102. The molecule has 7 heteroatoms. The SMILES string of the molecule is Cc1ccc(-c2cc(C(=O)Nc3ccn(-c4ccccc4)n3)c3cnn(C(C)C)c3n2)cc1. The Balaban J connectivity index is 1.54. The van der Waals surface area contributed by atoms with E-state index in [1.165, 1.54) is 5.56 Å². The number of nitrogens with one attached hydrogen (secondary N) is 1. The van der Waals surface area contributed by atoms with Crippen molar-refractivity contribution >= 4 is 22.8 Å². The maximum atomic E-state index is 13.4. The largest absolute Gasteiger partial charge is 0.305 e. The third kappa shape index (κ3) is 4.01. The molecule has 0 spiro atoms. The Labute approximate surface area is 191 Å². The van der Waals surface area contributed by atoms with Crippen LogP contribution in [0.25, 0.3) is 28.0 Å². The maximum absolute atomic E-state index is 13.4. The first kappa shape index (κ1) is 20.6. The van der Waals surface area contributed by atoms with Gasteiger partial charge in [-0.15, -0.1) is 0 Å². The molecule has 0 bridgehead atoms. The molecule has 33 heavy (non-hydrogen) atoms. The molecule has 164 valence electrons. The van der Waals surface area contributed by atoms with E-state index >= 15 is 0 Å². The predicted molar refractivity (Wildman–Crippen MR) is 130 cm³/mol. The summed E-state index contributed by atoms with van der Waals surface area (Å²) in [6.07, 6.45) is 3.53. The van der Waals surface area contributed by atoms with Crippen LogP contribution in [-0.2, 0) is 0 Å². The van der Waals surface area contributed by atoms with E-state index < -0.39 is 0 Å². The number of benzene rings is 2. The highest BCUT2D eigenvalue weighted by Gasteiger charge is 2.19. The zero-order valence-electron chi connectivity index (χ0n) is 18.7. The van der Waals surface area contributed by atoms with Gasteiger partial charge in [0.1, 0.15) is 0 Å². The summed E-state index contributed by atoms with van der Waals surface area (Å²) in [6, 6.07) is 21.6. The van der Waals surface area contributed by atoms with Gasteiger partial charge in [0.2, 0.25) is 0 Å². The van der Waals surface area contributed by atoms with Crippen LogP contribution in [0.2, 0.25) is 0 Å². The van der Waals surface area contributed by atoms with Gasteiger partial charge < -0.3 is 5.32 Å². The number of para-hydroxylation sites is 1. The fraction of sp³-hybridized carbons (Fsp3) is 0.154. The van der Waals surface area contributed by atoms with Gasteiger partial charge in [0.05, 0.1) is 28.5 Å². The van der Waals surface area contributed by atoms with E-state index in [1.807, 2.05) is 92.3 Å². The van der Waals surface area contributed by atoms with Gasteiger partial charge in [0.15, 0.2) is 11.5 Å². The van der Waals surface area contributed by atoms with Crippen molar-refractivity contribution < 1.29 is 4.79 Å². The average molecular weight is 437 g/mol. The van der Waals surface area contributed by atoms with E-state index in [4.69, 9.17) is 4.98 Å². The van der Waals surface area contributed by atoms with Crippen LogP contribution in [0.1, 0.15) is 35.8 Å². The second kappa shape index (κ2) is 8.35. The Hall–Kier alpha value is -4.26. The summed E-state index contributed by atoms with van der Waals surface area (Å²) in [4.78, 5) is 18.2. The summed E-state index contributed by atoms with van der Waals surface area (Å²) >= 11 is 0. The number of hydrogen-bond acceptors (Lipinski definition) is 4. The molecule has 0 radical (unpaired) electrons. The van der Waals surface area contributed by atoms with E-state index in [9.17, 15) is 4.79 Å². The summed E-state index contributed by atoms with van der Waals surface area (Å²) in [7, 11) is 0. The van der Waals surface area contributed by atoms with E-state index in [0.29, 0.717) is 22.4 Å². The number of carbonyl (C=O) groups excluding carboxylic acids is 1.